The molecule has 0 amide bonds. The molecular weight excluding hydrogens is 546 g/mol. The summed E-state index contributed by atoms with van der Waals surface area (Å²) in [6.07, 6.45) is 1.25. The monoisotopic (exact) mass is 579 g/mol. The Hall–Kier alpha value is -4.77. The Kier molecular flexibility index (Phi) is 7.81. The van der Waals surface area contributed by atoms with Crippen LogP contribution in [0.5, 0.6) is 11.5 Å². The van der Waals surface area contributed by atoms with E-state index in [4.69, 9.17) is 24.7 Å². The minimum Gasteiger partial charge on any atom is -0.497 e. The maximum atomic E-state index is 11.2. The van der Waals surface area contributed by atoms with Gasteiger partial charge in [-0.3, -0.25) is 4.57 Å². The van der Waals surface area contributed by atoms with Crippen molar-refractivity contribution in [1.29, 1.82) is 0 Å². The number of anilines is 1. The first-order chi connectivity index (χ1) is 21.0. The van der Waals surface area contributed by atoms with Crippen molar-refractivity contribution in [1.82, 2.24) is 19.5 Å². The zero-order valence-electron chi connectivity index (χ0n) is 24.0. The molecule has 3 N–H and O–H groups in total. The molecule has 3 heterocycles. The SMILES string of the molecule is C=Cc1nc2c(N)ncnc2n1[C@H]1C[C@H](O)[C@@H](COC(c2ccccc2)(c2ccc(OC)cc2)c2ccc(OC)cc2)O1. The van der Waals surface area contributed by atoms with Gasteiger partial charge in [0.1, 0.15) is 41.6 Å². The molecular formula is C33H33N5O5. The minimum atomic E-state index is -1.05. The molecule has 1 aliphatic heterocycles. The third-order valence-electron chi connectivity index (χ3n) is 7.84. The molecule has 1 saturated heterocycles. The highest BCUT2D eigenvalue weighted by molar-refractivity contribution is 5.83. The summed E-state index contributed by atoms with van der Waals surface area (Å²) >= 11 is 0. The van der Waals surface area contributed by atoms with Crippen LogP contribution in [0.1, 0.15) is 35.2 Å². The van der Waals surface area contributed by atoms with Crippen LogP contribution in [0, 0.1) is 0 Å². The van der Waals surface area contributed by atoms with E-state index in [0.717, 1.165) is 28.2 Å². The minimum absolute atomic E-state index is 0.0811. The molecule has 2 aromatic heterocycles. The van der Waals surface area contributed by atoms with Gasteiger partial charge in [-0.25, -0.2) is 15.0 Å². The smallest absolute Gasteiger partial charge is 0.168 e. The van der Waals surface area contributed by atoms with Gasteiger partial charge in [-0.05, 0) is 47.0 Å². The average molecular weight is 580 g/mol. The van der Waals surface area contributed by atoms with E-state index in [2.05, 4.69) is 21.5 Å². The van der Waals surface area contributed by atoms with E-state index >= 15 is 0 Å². The third-order valence-corrected chi connectivity index (χ3v) is 7.84. The summed E-state index contributed by atoms with van der Waals surface area (Å²) in [5.74, 6) is 2.24. The number of ether oxygens (including phenoxy) is 4. The third kappa shape index (κ3) is 5.10. The lowest BCUT2D eigenvalue weighted by Gasteiger charge is -2.37. The second-order valence-corrected chi connectivity index (χ2v) is 10.2. The quantitative estimate of drug-likeness (QED) is 0.226. The van der Waals surface area contributed by atoms with Gasteiger partial charge in [0, 0.05) is 6.42 Å². The summed E-state index contributed by atoms with van der Waals surface area (Å²) in [7, 11) is 3.27. The number of nitrogen functional groups attached to an aromatic ring is 1. The van der Waals surface area contributed by atoms with E-state index in [9.17, 15) is 5.11 Å². The fourth-order valence-electron chi connectivity index (χ4n) is 5.68. The van der Waals surface area contributed by atoms with Gasteiger partial charge in [0.05, 0.1) is 26.9 Å². The van der Waals surface area contributed by atoms with Crippen molar-refractivity contribution in [2.24, 2.45) is 0 Å². The Bertz CT molecular complexity index is 1660. The molecule has 1 fully saturated rings. The largest absolute Gasteiger partial charge is 0.497 e. The molecule has 0 saturated carbocycles. The molecule has 0 bridgehead atoms. The summed E-state index contributed by atoms with van der Waals surface area (Å²) in [4.78, 5) is 13.0. The van der Waals surface area contributed by atoms with Crippen LogP contribution >= 0.6 is 0 Å². The first kappa shape index (κ1) is 28.4. The summed E-state index contributed by atoms with van der Waals surface area (Å²) in [6, 6.07) is 25.6. The van der Waals surface area contributed by atoms with Crippen LogP contribution in [-0.4, -0.2) is 57.7 Å². The number of rotatable bonds is 10. The van der Waals surface area contributed by atoms with Crippen molar-refractivity contribution in [2.75, 3.05) is 26.6 Å². The molecule has 6 rings (SSSR count). The molecule has 1 aliphatic rings. The molecule has 0 aliphatic carbocycles. The van der Waals surface area contributed by atoms with Crippen LogP contribution in [-0.2, 0) is 15.1 Å². The molecule has 0 unspecified atom stereocenters. The second kappa shape index (κ2) is 11.8. The molecule has 220 valence electrons. The molecule has 3 aromatic carbocycles. The number of nitrogens with zero attached hydrogens (tertiary/aromatic N) is 4. The van der Waals surface area contributed by atoms with Gasteiger partial charge >= 0.3 is 0 Å². The number of methoxy groups -OCH3 is 2. The van der Waals surface area contributed by atoms with E-state index in [-0.39, 0.29) is 12.4 Å². The van der Waals surface area contributed by atoms with Crippen molar-refractivity contribution < 1.29 is 24.1 Å². The van der Waals surface area contributed by atoms with Crippen molar-refractivity contribution in [3.8, 4) is 11.5 Å². The van der Waals surface area contributed by atoms with Gasteiger partial charge in [0.2, 0.25) is 0 Å². The first-order valence-corrected chi connectivity index (χ1v) is 13.9. The van der Waals surface area contributed by atoms with Crippen LogP contribution in [0.15, 0.2) is 91.8 Å². The number of imidazole rings is 1. The van der Waals surface area contributed by atoms with Gasteiger partial charge in [-0.2, -0.15) is 0 Å². The molecule has 5 aromatic rings. The van der Waals surface area contributed by atoms with Crippen molar-refractivity contribution in [3.05, 3.63) is 114 Å². The fraction of sp³-hybridized carbons (Fsp3) is 0.242. The summed E-state index contributed by atoms with van der Waals surface area (Å²) < 4.78 is 26.1. The predicted molar refractivity (Wildman–Crippen MR) is 163 cm³/mol. The topological polar surface area (TPSA) is 127 Å². The van der Waals surface area contributed by atoms with Gasteiger partial charge in [0.15, 0.2) is 17.0 Å². The highest BCUT2D eigenvalue weighted by Gasteiger charge is 2.42. The number of benzene rings is 3. The normalized spacial score (nSPS) is 18.5. The van der Waals surface area contributed by atoms with Gasteiger partial charge < -0.3 is 29.8 Å². The predicted octanol–water partition coefficient (Wildman–Crippen LogP) is 4.73. The van der Waals surface area contributed by atoms with E-state index in [1.54, 1.807) is 24.9 Å². The Morgan fingerprint density at radius 1 is 0.953 bits per heavy atom. The molecule has 0 radical (unpaired) electrons. The summed E-state index contributed by atoms with van der Waals surface area (Å²) in [6.45, 7) is 3.97. The number of hydrogen-bond donors (Lipinski definition) is 2. The van der Waals surface area contributed by atoms with Crippen LogP contribution in [0.2, 0.25) is 0 Å². The number of hydrogen-bond acceptors (Lipinski definition) is 9. The van der Waals surface area contributed by atoms with Gasteiger partial charge in [-0.1, -0.05) is 61.2 Å². The van der Waals surface area contributed by atoms with Gasteiger partial charge in [0.25, 0.3) is 0 Å². The van der Waals surface area contributed by atoms with Crippen molar-refractivity contribution in [3.63, 3.8) is 0 Å². The number of fused-ring (bicyclic) bond motifs is 1. The van der Waals surface area contributed by atoms with E-state index < -0.39 is 24.0 Å². The second-order valence-electron chi connectivity index (χ2n) is 10.2. The Labute approximate surface area is 249 Å². The van der Waals surface area contributed by atoms with Crippen LogP contribution in [0.4, 0.5) is 5.82 Å². The van der Waals surface area contributed by atoms with Crippen molar-refractivity contribution >= 4 is 23.1 Å². The molecule has 3 atom stereocenters. The lowest BCUT2D eigenvalue weighted by molar-refractivity contribution is -0.0931. The zero-order valence-corrected chi connectivity index (χ0v) is 24.0. The number of nitrogens with two attached hydrogens (primary N) is 1. The highest BCUT2D eigenvalue weighted by atomic mass is 16.6. The molecule has 10 nitrogen and oxygen atoms in total. The number of aliphatic hydroxyl groups is 1. The molecule has 0 spiro atoms. The average Bonchev–Trinajstić information content (AvgIpc) is 3.62. The lowest BCUT2D eigenvalue weighted by atomic mass is 9.80. The fourth-order valence-corrected chi connectivity index (χ4v) is 5.68. The number of aliphatic hydroxyl groups excluding tert-OH is 1. The van der Waals surface area contributed by atoms with Crippen LogP contribution in [0.25, 0.3) is 17.2 Å². The van der Waals surface area contributed by atoms with E-state index in [0.29, 0.717) is 23.4 Å². The number of aromatic nitrogens is 4. The van der Waals surface area contributed by atoms with Crippen LogP contribution in [0.3, 0.4) is 0 Å². The van der Waals surface area contributed by atoms with Gasteiger partial charge in [-0.15, -0.1) is 0 Å². The van der Waals surface area contributed by atoms with Crippen LogP contribution < -0.4 is 15.2 Å². The maximum absolute atomic E-state index is 11.2. The highest BCUT2D eigenvalue weighted by Crippen LogP contribution is 2.43. The maximum Gasteiger partial charge on any atom is 0.168 e. The van der Waals surface area contributed by atoms with E-state index in [1.807, 2.05) is 78.9 Å². The zero-order chi connectivity index (χ0) is 30.0. The molecule has 43 heavy (non-hydrogen) atoms. The lowest BCUT2D eigenvalue weighted by Crippen LogP contribution is -2.38. The standard InChI is InChI=1S/C33H33N5O5/c1-4-28-37-30-31(34)35-20-36-32(30)38(28)29-18-26(39)27(43-29)19-42-33(21-8-6-5-7-9-21,22-10-14-24(40-2)15-11-22)23-12-16-25(41-3)17-13-23/h4-17,20,26-27,29,39H,1,18-19H2,2-3H3,(H2,34,35,36)/t26-,27+,29+/m0/s1. The Balaban J connectivity index is 1.38. The summed E-state index contributed by atoms with van der Waals surface area (Å²) in [5.41, 5.74) is 8.66. The Morgan fingerprint density at radius 3 is 2.14 bits per heavy atom. The van der Waals surface area contributed by atoms with Crippen molar-refractivity contribution in [2.45, 2.75) is 30.5 Å². The first-order valence-electron chi connectivity index (χ1n) is 13.9. The Morgan fingerprint density at radius 2 is 1.56 bits per heavy atom. The van der Waals surface area contributed by atoms with E-state index in [1.165, 1.54) is 6.33 Å². The molecule has 10 heteroatoms. The summed E-state index contributed by atoms with van der Waals surface area (Å²) in [5, 5.41) is 11.2.